The summed E-state index contributed by atoms with van der Waals surface area (Å²) in [6.07, 6.45) is 1.63. The molecule has 0 aliphatic heterocycles. The van der Waals surface area contributed by atoms with Crippen molar-refractivity contribution < 1.29 is 13.9 Å². The Morgan fingerprint density at radius 3 is 2.48 bits per heavy atom. The molecule has 0 radical (unpaired) electrons. The molecule has 1 heterocycles. The molecule has 1 aromatic heterocycles. The predicted octanol–water partition coefficient (Wildman–Crippen LogP) is 3.27. The summed E-state index contributed by atoms with van der Waals surface area (Å²) >= 11 is 0. The maximum atomic E-state index is 12.9. The molecule has 0 unspecified atom stereocenters. The Bertz CT molecular complexity index is 814. The molecule has 3 rings (SSSR count). The molecule has 0 spiro atoms. The molecule has 0 saturated heterocycles. The van der Waals surface area contributed by atoms with Crippen molar-refractivity contribution in [2.24, 2.45) is 0 Å². The number of nitrogens with zero attached hydrogens (tertiary/aromatic N) is 2. The first-order valence-electron chi connectivity index (χ1n) is 6.93. The number of anilines is 1. The number of aromatic nitrogens is 2. The summed E-state index contributed by atoms with van der Waals surface area (Å²) in [7, 11) is 1.47. The van der Waals surface area contributed by atoms with E-state index in [-0.39, 0.29) is 11.5 Å². The lowest BCUT2D eigenvalue weighted by molar-refractivity contribution is 0.101. The zero-order chi connectivity index (χ0) is 16.2. The minimum absolute atomic E-state index is 0.153. The molecular weight excluding hydrogens is 297 g/mol. The van der Waals surface area contributed by atoms with Crippen molar-refractivity contribution in [1.82, 2.24) is 9.78 Å². The Morgan fingerprint density at radius 2 is 1.83 bits per heavy atom. The highest BCUT2D eigenvalue weighted by Crippen LogP contribution is 2.21. The summed E-state index contributed by atoms with van der Waals surface area (Å²) in [5, 5.41) is 6.93. The van der Waals surface area contributed by atoms with Crippen molar-refractivity contribution in [3.05, 3.63) is 72.3 Å². The predicted molar refractivity (Wildman–Crippen MR) is 84.5 cm³/mol. The third-order valence-corrected chi connectivity index (χ3v) is 3.24. The van der Waals surface area contributed by atoms with Gasteiger partial charge in [-0.15, -0.1) is 0 Å². The van der Waals surface area contributed by atoms with E-state index in [1.807, 2.05) is 30.3 Å². The van der Waals surface area contributed by atoms with E-state index in [1.54, 1.807) is 10.9 Å². The number of para-hydroxylation sites is 1. The average Bonchev–Trinajstić information content (AvgIpc) is 3.02. The van der Waals surface area contributed by atoms with Gasteiger partial charge in [0.2, 0.25) is 0 Å². The number of rotatable bonds is 4. The molecule has 6 heteroatoms. The highest BCUT2D eigenvalue weighted by atomic mass is 19.1. The lowest BCUT2D eigenvalue weighted by Crippen LogP contribution is -2.14. The zero-order valence-electron chi connectivity index (χ0n) is 12.4. The van der Waals surface area contributed by atoms with E-state index in [2.05, 4.69) is 10.4 Å². The fourth-order valence-corrected chi connectivity index (χ4v) is 2.10. The van der Waals surface area contributed by atoms with Crippen LogP contribution < -0.4 is 10.1 Å². The van der Waals surface area contributed by atoms with Crippen LogP contribution >= 0.6 is 0 Å². The molecule has 116 valence electrons. The molecule has 23 heavy (non-hydrogen) atoms. The first-order chi connectivity index (χ1) is 11.2. The Hall–Kier alpha value is -3.15. The zero-order valence-corrected chi connectivity index (χ0v) is 12.4. The van der Waals surface area contributed by atoms with Crippen LogP contribution in [0.5, 0.6) is 5.75 Å². The number of carbonyl (C=O) groups excluding carboxylic acids is 1. The van der Waals surface area contributed by atoms with Gasteiger partial charge in [-0.05, 0) is 36.4 Å². The van der Waals surface area contributed by atoms with Crippen molar-refractivity contribution in [2.75, 3.05) is 12.4 Å². The van der Waals surface area contributed by atoms with E-state index in [9.17, 15) is 9.18 Å². The molecular formula is C17H14FN3O2. The Kier molecular flexibility index (Phi) is 4.05. The maximum Gasteiger partial charge on any atom is 0.280 e. The van der Waals surface area contributed by atoms with Gasteiger partial charge in [0.05, 0.1) is 19.0 Å². The Labute approximate surface area is 132 Å². The summed E-state index contributed by atoms with van der Waals surface area (Å²) in [5.41, 5.74) is 1.44. The number of ether oxygens (including phenoxy) is 1. The molecule has 2 aromatic carbocycles. The third kappa shape index (κ3) is 3.21. The number of nitrogens with one attached hydrogen (secondary N) is 1. The van der Waals surface area contributed by atoms with Crippen molar-refractivity contribution in [3.63, 3.8) is 0 Å². The SMILES string of the molecule is COc1cn(-c2ccccc2)nc1C(=O)Nc1ccc(F)cc1. The van der Waals surface area contributed by atoms with Gasteiger partial charge in [0, 0.05) is 5.69 Å². The number of halogens is 1. The van der Waals surface area contributed by atoms with Gasteiger partial charge in [0.25, 0.3) is 5.91 Å². The van der Waals surface area contributed by atoms with Crippen LogP contribution in [0.25, 0.3) is 5.69 Å². The monoisotopic (exact) mass is 311 g/mol. The molecule has 1 N–H and O–H groups in total. The van der Waals surface area contributed by atoms with Crippen molar-refractivity contribution >= 4 is 11.6 Å². The van der Waals surface area contributed by atoms with Gasteiger partial charge in [-0.2, -0.15) is 5.10 Å². The van der Waals surface area contributed by atoms with Gasteiger partial charge in [-0.1, -0.05) is 18.2 Å². The van der Waals surface area contributed by atoms with E-state index in [1.165, 1.54) is 31.4 Å². The van der Waals surface area contributed by atoms with Crippen LogP contribution in [-0.4, -0.2) is 22.8 Å². The van der Waals surface area contributed by atoms with Crippen LogP contribution in [0.3, 0.4) is 0 Å². The molecule has 0 saturated carbocycles. The number of methoxy groups -OCH3 is 1. The fourth-order valence-electron chi connectivity index (χ4n) is 2.10. The largest absolute Gasteiger partial charge is 0.493 e. The highest BCUT2D eigenvalue weighted by Gasteiger charge is 2.18. The van der Waals surface area contributed by atoms with Crippen molar-refractivity contribution in [1.29, 1.82) is 0 Å². The minimum Gasteiger partial charge on any atom is -0.493 e. The van der Waals surface area contributed by atoms with E-state index < -0.39 is 5.91 Å². The summed E-state index contributed by atoms with van der Waals surface area (Å²) in [4.78, 5) is 12.4. The molecule has 0 atom stereocenters. The number of carbonyl (C=O) groups is 1. The molecule has 0 aliphatic rings. The van der Waals surface area contributed by atoms with Crippen molar-refractivity contribution in [3.8, 4) is 11.4 Å². The third-order valence-electron chi connectivity index (χ3n) is 3.24. The van der Waals surface area contributed by atoms with Gasteiger partial charge in [0.15, 0.2) is 11.4 Å². The number of hydrogen-bond acceptors (Lipinski definition) is 3. The molecule has 5 nitrogen and oxygen atoms in total. The fraction of sp³-hybridized carbons (Fsp3) is 0.0588. The van der Waals surface area contributed by atoms with E-state index >= 15 is 0 Å². The highest BCUT2D eigenvalue weighted by molar-refractivity contribution is 6.04. The molecule has 0 aliphatic carbocycles. The minimum atomic E-state index is -0.428. The van der Waals surface area contributed by atoms with Crippen LogP contribution in [0.1, 0.15) is 10.5 Å². The summed E-state index contributed by atoms with van der Waals surface area (Å²) < 4.78 is 19.7. The van der Waals surface area contributed by atoms with Gasteiger partial charge in [0.1, 0.15) is 5.82 Å². The summed E-state index contributed by atoms with van der Waals surface area (Å²) in [6, 6.07) is 14.9. The van der Waals surface area contributed by atoms with Crippen LogP contribution in [0.2, 0.25) is 0 Å². The molecule has 0 bridgehead atoms. The summed E-state index contributed by atoms with van der Waals surface area (Å²) in [5.74, 6) is -0.439. The first kappa shape index (κ1) is 14.8. The number of amides is 1. The normalized spacial score (nSPS) is 10.3. The topological polar surface area (TPSA) is 56.2 Å². The Morgan fingerprint density at radius 1 is 1.13 bits per heavy atom. The second-order valence-corrected chi connectivity index (χ2v) is 4.79. The molecule has 1 amide bonds. The van der Waals surface area contributed by atoms with Crippen LogP contribution in [-0.2, 0) is 0 Å². The molecule has 0 fully saturated rings. The van der Waals surface area contributed by atoms with Crippen molar-refractivity contribution in [2.45, 2.75) is 0 Å². The van der Waals surface area contributed by atoms with Crippen LogP contribution in [0.15, 0.2) is 60.8 Å². The van der Waals surface area contributed by atoms with Crippen LogP contribution in [0, 0.1) is 5.82 Å². The second-order valence-electron chi connectivity index (χ2n) is 4.79. The smallest absolute Gasteiger partial charge is 0.280 e. The number of hydrogen-bond donors (Lipinski definition) is 1. The quantitative estimate of drug-likeness (QED) is 0.804. The number of benzene rings is 2. The molecule has 3 aromatic rings. The standard InChI is InChI=1S/C17H14FN3O2/c1-23-15-11-21(14-5-3-2-4-6-14)20-16(15)17(22)19-13-9-7-12(18)8-10-13/h2-11H,1H3,(H,19,22). The van der Waals surface area contributed by atoms with E-state index in [0.29, 0.717) is 11.4 Å². The Balaban J connectivity index is 1.88. The van der Waals surface area contributed by atoms with Gasteiger partial charge in [-0.3, -0.25) is 4.79 Å². The van der Waals surface area contributed by atoms with Gasteiger partial charge in [-0.25, -0.2) is 9.07 Å². The summed E-state index contributed by atoms with van der Waals surface area (Å²) in [6.45, 7) is 0. The van der Waals surface area contributed by atoms with Gasteiger partial charge >= 0.3 is 0 Å². The maximum absolute atomic E-state index is 12.9. The van der Waals surface area contributed by atoms with Gasteiger partial charge < -0.3 is 10.1 Å². The lowest BCUT2D eigenvalue weighted by Gasteiger charge is -2.04. The van der Waals surface area contributed by atoms with E-state index in [0.717, 1.165) is 5.69 Å². The van der Waals surface area contributed by atoms with Crippen LogP contribution in [0.4, 0.5) is 10.1 Å². The lowest BCUT2D eigenvalue weighted by atomic mass is 10.3. The first-order valence-corrected chi connectivity index (χ1v) is 6.93. The van der Waals surface area contributed by atoms with E-state index in [4.69, 9.17) is 4.74 Å². The second kappa shape index (κ2) is 6.31. The average molecular weight is 311 g/mol.